The van der Waals surface area contributed by atoms with E-state index < -0.39 is 0 Å². The van der Waals surface area contributed by atoms with E-state index in [1.54, 1.807) is 0 Å². The molecule has 0 saturated carbocycles. The van der Waals surface area contributed by atoms with Crippen molar-refractivity contribution < 1.29 is 4.42 Å². The lowest BCUT2D eigenvalue weighted by molar-refractivity contribution is 0.669. The summed E-state index contributed by atoms with van der Waals surface area (Å²) in [6.45, 7) is 0. The van der Waals surface area contributed by atoms with Gasteiger partial charge in [-0.2, -0.15) is 0 Å². The third-order valence-electron chi connectivity index (χ3n) is 13.9. The Balaban J connectivity index is 1.09. The highest BCUT2D eigenvalue weighted by molar-refractivity contribution is 7.25. The maximum absolute atomic E-state index is 6.43. The van der Waals surface area contributed by atoms with E-state index in [4.69, 9.17) is 4.42 Å². The summed E-state index contributed by atoms with van der Waals surface area (Å²) in [6, 6.07) is 92.8. The van der Waals surface area contributed by atoms with Crippen molar-refractivity contribution in [2.75, 3.05) is 4.90 Å². The van der Waals surface area contributed by atoms with Crippen molar-refractivity contribution in [1.82, 2.24) is 4.57 Å². The highest BCUT2D eigenvalue weighted by Gasteiger charge is 2.23. The van der Waals surface area contributed by atoms with Gasteiger partial charge in [0.15, 0.2) is 0 Å². The molecule has 14 aromatic rings. The summed E-state index contributed by atoms with van der Waals surface area (Å²) in [7, 11) is 0. The fourth-order valence-corrected chi connectivity index (χ4v) is 11.8. The van der Waals surface area contributed by atoms with Crippen molar-refractivity contribution in [1.29, 1.82) is 0 Å². The van der Waals surface area contributed by atoms with Crippen LogP contribution in [0.25, 0.3) is 114 Å². The third-order valence-corrected chi connectivity index (χ3v) is 15.1. The van der Waals surface area contributed by atoms with Crippen LogP contribution < -0.4 is 4.90 Å². The van der Waals surface area contributed by atoms with Gasteiger partial charge >= 0.3 is 0 Å². The maximum Gasteiger partial charge on any atom is 0.135 e. The van der Waals surface area contributed by atoms with E-state index in [-0.39, 0.29) is 0 Å². The molecule has 14 rings (SSSR count). The molecule has 0 bridgehead atoms. The molecule has 0 atom stereocenters. The van der Waals surface area contributed by atoms with Gasteiger partial charge in [0.2, 0.25) is 0 Å². The number of fused-ring (bicyclic) bond motifs is 9. The molecule has 3 heterocycles. The second-order valence-electron chi connectivity index (χ2n) is 18.1. The fourth-order valence-electron chi connectivity index (χ4n) is 10.7. The Labute approximate surface area is 409 Å². The van der Waals surface area contributed by atoms with Crippen molar-refractivity contribution in [3.8, 4) is 50.2 Å². The van der Waals surface area contributed by atoms with Gasteiger partial charge in [-0.25, -0.2) is 0 Å². The number of anilines is 3. The molecule has 0 saturated heterocycles. The molecule has 0 unspecified atom stereocenters. The second kappa shape index (κ2) is 16.4. The lowest BCUT2D eigenvalue weighted by Gasteiger charge is -2.27. The second-order valence-corrected chi connectivity index (χ2v) is 19.2. The summed E-state index contributed by atoms with van der Waals surface area (Å²) in [4.78, 5) is 2.43. The molecule has 0 aliphatic carbocycles. The molecule has 0 N–H and O–H groups in total. The van der Waals surface area contributed by atoms with Gasteiger partial charge < -0.3 is 13.9 Å². The number of thiophene rings is 1. The van der Waals surface area contributed by atoms with Crippen molar-refractivity contribution in [3.05, 3.63) is 255 Å². The number of furan rings is 1. The van der Waals surface area contributed by atoms with Crippen LogP contribution in [-0.4, -0.2) is 4.57 Å². The number of hydrogen-bond donors (Lipinski definition) is 0. The molecule has 0 fully saturated rings. The molecular weight excluding hydrogens is 869 g/mol. The molecule has 0 radical (unpaired) electrons. The van der Waals surface area contributed by atoms with Gasteiger partial charge in [0.25, 0.3) is 0 Å². The lowest BCUT2D eigenvalue weighted by atomic mass is 9.95. The molecule has 11 aromatic carbocycles. The molecule has 3 nitrogen and oxygen atoms in total. The van der Waals surface area contributed by atoms with Crippen molar-refractivity contribution in [2.45, 2.75) is 0 Å². The van der Waals surface area contributed by atoms with Gasteiger partial charge in [-0.3, -0.25) is 0 Å². The van der Waals surface area contributed by atoms with Crippen LogP contribution in [0.1, 0.15) is 0 Å². The van der Waals surface area contributed by atoms with Crippen LogP contribution >= 0.6 is 11.3 Å². The van der Waals surface area contributed by atoms with Crippen molar-refractivity contribution in [3.63, 3.8) is 0 Å². The van der Waals surface area contributed by atoms with Crippen molar-refractivity contribution in [2.24, 2.45) is 0 Å². The van der Waals surface area contributed by atoms with Crippen LogP contribution in [0.15, 0.2) is 259 Å². The third kappa shape index (κ3) is 6.72. The van der Waals surface area contributed by atoms with E-state index in [0.29, 0.717) is 0 Å². The molecule has 328 valence electrons. The number of para-hydroxylation sites is 1. The SMILES string of the molecule is c1ccc(-c2cc(-c3ccccc3)cc(N(c3ccc4oc5ccccc5c4c3)c3ccc4c5cc(-c6ccccc6)cc(-c6ccccc6)c5n(-c5ccc6c(c5)sc5ccccc56)c4c3)c2)cc1. The number of rotatable bonds is 8. The molecular formula is C66H42N2OS. The number of benzene rings is 11. The van der Waals surface area contributed by atoms with E-state index >= 15 is 0 Å². The van der Waals surface area contributed by atoms with Crippen LogP contribution in [0.3, 0.4) is 0 Å². The Morgan fingerprint density at radius 1 is 0.314 bits per heavy atom. The van der Waals surface area contributed by atoms with Crippen LogP contribution in [0.2, 0.25) is 0 Å². The maximum atomic E-state index is 6.43. The Bertz CT molecular complexity index is 4230. The first-order chi connectivity index (χ1) is 34.7. The lowest BCUT2D eigenvalue weighted by Crippen LogP contribution is -2.10. The van der Waals surface area contributed by atoms with Crippen LogP contribution in [0.5, 0.6) is 0 Å². The molecule has 3 aromatic heterocycles. The standard InChI is InChI=1S/C66H42N2OS/c1-5-17-43(18-6-1)47-35-48(44-19-7-2-8-20-44)37-53(36-47)67(50-31-34-63-59(40-50)55-25-13-15-27-62(55)69-63)51-29-32-54-60-39-49(45-21-9-3-10-22-45)38-58(46-23-11-4-12-24-46)66(60)68(61(54)41-51)52-30-33-57-56-26-14-16-28-64(56)70-65(57)42-52/h1-42H. The van der Waals surface area contributed by atoms with Gasteiger partial charge in [-0.1, -0.05) is 170 Å². The number of aromatic nitrogens is 1. The molecule has 0 aliphatic heterocycles. The van der Waals surface area contributed by atoms with Crippen LogP contribution in [0, 0.1) is 0 Å². The van der Waals surface area contributed by atoms with E-state index in [9.17, 15) is 0 Å². The number of nitrogens with zero attached hydrogens (tertiary/aromatic N) is 2. The van der Waals surface area contributed by atoms with Crippen molar-refractivity contribution >= 4 is 92.3 Å². The molecule has 0 amide bonds. The smallest absolute Gasteiger partial charge is 0.135 e. The van der Waals surface area contributed by atoms with E-state index in [0.717, 1.165) is 72.5 Å². The molecule has 0 spiro atoms. The zero-order chi connectivity index (χ0) is 46.1. The van der Waals surface area contributed by atoms with E-state index in [2.05, 4.69) is 258 Å². The van der Waals surface area contributed by atoms with Gasteiger partial charge in [-0.15, -0.1) is 11.3 Å². The summed E-state index contributed by atoms with van der Waals surface area (Å²) in [5, 5.41) is 7.13. The summed E-state index contributed by atoms with van der Waals surface area (Å²) >= 11 is 1.86. The first-order valence-corrected chi connectivity index (χ1v) is 24.6. The normalized spacial score (nSPS) is 11.7. The minimum Gasteiger partial charge on any atom is -0.456 e. The molecule has 70 heavy (non-hydrogen) atoms. The van der Waals surface area contributed by atoms with Crippen LogP contribution in [0.4, 0.5) is 17.1 Å². The largest absolute Gasteiger partial charge is 0.456 e. The zero-order valence-electron chi connectivity index (χ0n) is 38.0. The first-order valence-electron chi connectivity index (χ1n) is 23.8. The highest BCUT2D eigenvalue weighted by Crippen LogP contribution is 2.47. The molecule has 4 heteroatoms. The minimum absolute atomic E-state index is 0.864. The highest BCUT2D eigenvalue weighted by atomic mass is 32.1. The Morgan fingerprint density at radius 2 is 0.857 bits per heavy atom. The monoisotopic (exact) mass is 910 g/mol. The van der Waals surface area contributed by atoms with Gasteiger partial charge in [0.05, 0.1) is 11.0 Å². The average Bonchev–Trinajstić information content (AvgIpc) is 4.10. The first kappa shape index (κ1) is 40.1. The Morgan fingerprint density at radius 3 is 1.56 bits per heavy atom. The summed E-state index contributed by atoms with van der Waals surface area (Å²) < 4.78 is 11.5. The Kier molecular flexibility index (Phi) is 9.39. The number of hydrogen-bond acceptors (Lipinski definition) is 3. The van der Waals surface area contributed by atoms with Crippen LogP contribution in [-0.2, 0) is 0 Å². The molecule has 0 aliphatic rings. The summed E-state index contributed by atoms with van der Waals surface area (Å²) in [6.07, 6.45) is 0. The van der Waals surface area contributed by atoms with E-state index in [1.807, 2.05) is 17.4 Å². The summed E-state index contributed by atoms with van der Waals surface area (Å²) in [5.74, 6) is 0. The van der Waals surface area contributed by atoms with Gasteiger partial charge in [-0.05, 0) is 124 Å². The summed E-state index contributed by atoms with van der Waals surface area (Å²) in [5.41, 5.74) is 17.6. The average molecular weight is 911 g/mol. The fraction of sp³-hybridized carbons (Fsp3) is 0. The quantitative estimate of drug-likeness (QED) is 0.151. The van der Waals surface area contributed by atoms with Gasteiger partial charge in [0.1, 0.15) is 11.2 Å². The van der Waals surface area contributed by atoms with Gasteiger partial charge in [0, 0.05) is 70.0 Å². The minimum atomic E-state index is 0.864. The zero-order valence-corrected chi connectivity index (χ0v) is 38.8. The van der Waals surface area contributed by atoms with E-state index in [1.165, 1.54) is 58.7 Å². The Hall–Kier alpha value is -8.96. The predicted octanol–water partition coefficient (Wildman–Crippen LogP) is 19.2. The predicted molar refractivity (Wildman–Crippen MR) is 297 cm³/mol. The topological polar surface area (TPSA) is 21.3 Å².